The Labute approximate surface area is 208 Å². The number of aromatic carboxylic acids is 1. The first kappa shape index (κ1) is 25.3. The standard InChI is InChI=1S/C23H18N4O9S/c28-13-36-20-18(22(30)27(25-20)14-5-2-1-3-6-14)8-4-7-17-19(23(31)32)24-26(21(17)29)15-9-11-16(12-10-15)37(33,34)35/h1-13,22,24,30H,(H,31,32)(H,33,34,35)/b7-4+,18-8-. The number of carbonyl (C=O) groups is 2. The summed E-state index contributed by atoms with van der Waals surface area (Å²) in [4.78, 5) is 35.2. The third kappa shape index (κ3) is 5.11. The van der Waals surface area contributed by atoms with Crippen molar-refractivity contribution in [1.29, 1.82) is 0 Å². The van der Waals surface area contributed by atoms with Crippen LogP contribution in [0.4, 0.5) is 5.69 Å². The number of ether oxygens (including phenoxy) is 1. The van der Waals surface area contributed by atoms with E-state index in [1.807, 2.05) is 0 Å². The molecule has 0 saturated carbocycles. The number of carboxylic acid groups (broad SMARTS) is 1. The van der Waals surface area contributed by atoms with Crippen molar-refractivity contribution in [2.75, 3.05) is 5.01 Å². The predicted octanol–water partition coefficient (Wildman–Crippen LogP) is 1.38. The number of anilines is 1. The Morgan fingerprint density at radius 1 is 1.08 bits per heavy atom. The number of rotatable bonds is 7. The summed E-state index contributed by atoms with van der Waals surface area (Å²) in [6, 6.07) is 13.1. The molecule has 1 aliphatic rings. The SMILES string of the molecule is O=COC1=NN(c2ccccc2)C(O)/C1=C\C=C\c1c(C(=O)O)[nH]n(-c2ccc(S(=O)(=O)O)cc2)c1=O. The van der Waals surface area contributed by atoms with Gasteiger partial charge in [-0.3, -0.25) is 19.2 Å². The Morgan fingerprint density at radius 3 is 2.35 bits per heavy atom. The molecule has 2 heterocycles. The number of carbonyl (C=O) groups excluding carboxylic acids is 1. The zero-order valence-corrected chi connectivity index (χ0v) is 19.4. The van der Waals surface area contributed by atoms with Crippen LogP contribution in [0.3, 0.4) is 0 Å². The number of aliphatic hydroxyl groups is 1. The van der Waals surface area contributed by atoms with Crippen LogP contribution in [0.25, 0.3) is 11.8 Å². The molecule has 0 radical (unpaired) electrons. The van der Waals surface area contributed by atoms with Crippen molar-refractivity contribution in [2.24, 2.45) is 5.10 Å². The molecule has 1 aliphatic heterocycles. The monoisotopic (exact) mass is 526 g/mol. The zero-order chi connectivity index (χ0) is 26.7. The van der Waals surface area contributed by atoms with E-state index in [1.165, 1.54) is 35.4 Å². The third-order valence-electron chi connectivity index (χ3n) is 5.21. The Kier molecular flexibility index (Phi) is 6.88. The first-order chi connectivity index (χ1) is 17.6. The molecule has 14 heteroatoms. The molecular formula is C23H18N4O9S. The number of hydrogen-bond acceptors (Lipinski definition) is 9. The number of carboxylic acids is 1. The average Bonchev–Trinajstić information content (AvgIpc) is 3.36. The number of H-pyrrole nitrogens is 1. The minimum atomic E-state index is -4.46. The van der Waals surface area contributed by atoms with Crippen molar-refractivity contribution in [3.63, 3.8) is 0 Å². The fourth-order valence-corrected chi connectivity index (χ4v) is 3.97. The lowest BCUT2D eigenvalue weighted by atomic mass is 10.1. The van der Waals surface area contributed by atoms with E-state index < -0.39 is 38.5 Å². The molecular weight excluding hydrogens is 508 g/mol. The van der Waals surface area contributed by atoms with Crippen LogP contribution in [-0.2, 0) is 19.6 Å². The normalized spacial score (nSPS) is 16.8. The van der Waals surface area contributed by atoms with Gasteiger partial charge in [0, 0.05) is 0 Å². The molecule has 4 rings (SSSR count). The van der Waals surface area contributed by atoms with Gasteiger partial charge in [-0.15, -0.1) is 5.10 Å². The van der Waals surface area contributed by atoms with Crippen molar-refractivity contribution in [3.8, 4) is 5.69 Å². The van der Waals surface area contributed by atoms with E-state index in [0.717, 1.165) is 16.8 Å². The van der Waals surface area contributed by atoms with Gasteiger partial charge >= 0.3 is 5.97 Å². The lowest BCUT2D eigenvalue weighted by molar-refractivity contribution is -0.121. The van der Waals surface area contributed by atoms with E-state index in [-0.39, 0.29) is 29.2 Å². The smallest absolute Gasteiger partial charge is 0.354 e. The van der Waals surface area contributed by atoms with Crippen LogP contribution in [0.1, 0.15) is 16.1 Å². The summed E-state index contributed by atoms with van der Waals surface area (Å²) in [5.41, 5.74) is -0.810. The minimum Gasteiger partial charge on any atom is -0.477 e. The van der Waals surface area contributed by atoms with Gasteiger partial charge in [-0.05, 0) is 48.6 Å². The molecule has 0 spiro atoms. The molecule has 0 bridgehead atoms. The average molecular weight is 526 g/mol. The third-order valence-corrected chi connectivity index (χ3v) is 6.08. The van der Waals surface area contributed by atoms with E-state index in [0.29, 0.717) is 5.69 Å². The quantitative estimate of drug-likeness (QED) is 0.258. The second-order valence-corrected chi connectivity index (χ2v) is 8.89. The molecule has 0 amide bonds. The summed E-state index contributed by atoms with van der Waals surface area (Å²) in [5, 5.41) is 28.0. The molecule has 1 atom stereocenters. The maximum atomic E-state index is 12.9. The van der Waals surface area contributed by atoms with Crippen molar-refractivity contribution in [3.05, 3.63) is 93.9 Å². The number of hydrogen-bond donors (Lipinski definition) is 4. The summed E-state index contributed by atoms with van der Waals surface area (Å²) < 4.78 is 37.3. The Hall–Kier alpha value is -4.79. The summed E-state index contributed by atoms with van der Waals surface area (Å²) in [7, 11) is -4.46. The highest BCUT2D eigenvalue weighted by atomic mass is 32.2. The van der Waals surface area contributed by atoms with Crippen LogP contribution in [-0.4, -0.2) is 57.5 Å². The van der Waals surface area contributed by atoms with Crippen molar-refractivity contribution < 1.29 is 37.5 Å². The zero-order valence-electron chi connectivity index (χ0n) is 18.6. The van der Waals surface area contributed by atoms with Gasteiger partial charge in [0.25, 0.3) is 22.1 Å². The molecule has 1 aromatic heterocycles. The van der Waals surface area contributed by atoms with Gasteiger partial charge in [-0.25, -0.2) is 14.5 Å². The van der Waals surface area contributed by atoms with Crippen LogP contribution in [0.2, 0.25) is 0 Å². The number of nitrogens with zero attached hydrogens (tertiary/aromatic N) is 3. The highest BCUT2D eigenvalue weighted by molar-refractivity contribution is 7.85. The van der Waals surface area contributed by atoms with Gasteiger partial charge in [0.1, 0.15) is 0 Å². The van der Waals surface area contributed by atoms with Crippen LogP contribution >= 0.6 is 0 Å². The van der Waals surface area contributed by atoms with Gasteiger partial charge in [-0.1, -0.05) is 24.3 Å². The fourth-order valence-electron chi connectivity index (χ4n) is 3.49. The van der Waals surface area contributed by atoms with E-state index in [9.17, 15) is 33.0 Å². The number of aromatic amines is 1. The largest absolute Gasteiger partial charge is 0.477 e. The van der Waals surface area contributed by atoms with Gasteiger partial charge in [0.05, 0.1) is 27.4 Å². The highest BCUT2D eigenvalue weighted by Gasteiger charge is 2.32. The van der Waals surface area contributed by atoms with Crippen LogP contribution in [0.5, 0.6) is 0 Å². The van der Waals surface area contributed by atoms with Gasteiger partial charge in [0.15, 0.2) is 11.9 Å². The molecule has 0 aliphatic carbocycles. The molecule has 0 fully saturated rings. The lowest BCUT2D eigenvalue weighted by Gasteiger charge is -2.18. The second kappa shape index (κ2) is 10.1. The molecule has 4 N–H and O–H groups in total. The van der Waals surface area contributed by atoms with E-state index in [4.69, 9.17) is 9.29 Å². The van der Waals surface area contributed by atoms with Gasteiger partial charge in [-0.2, -0.15) is 8.42 Å². The van der Waals surface area contributed by atoms with Crippen molar-refractivity contribution in [2.45, 2.75) is 11.1 Å². The van der Waals surface area contributed by atoms with Crippen LogP contribution in [0.15, 0.2) is 87.1 Å². The fraction of sp³-hybridized carbons (Fsp3) is 0.0435. The first-order valence-electron chi connectivity index (χ1n) is 10.4. The molecule has 37 heavy (non-hydrogen) atoms. The maximum absolute atomic E-state index is 12.9. The van der Waals surface area contributed by atoms with E-state index >= 15 is 0 Å². The molecule has 1 unspecified atom stereocenters. The molecule has 13 nitrogen and oxygen atoms in total. The van der Waals surface area contributed by atoms with Crippen molar-refractivity contribution in [1.82, 2.24) is 9.78 Å². The number of allylic oxidation sites excluding steroid dienone is 2. The molecule has 3 aromatic rings. The van der Waals surface area contributed by atoms with E-state index in [1.54, 1.807) is 30.3 Å². The number of aliphatic hydroxyl groups excluding tert-OH is 1. The second-order valence-electron chi connectivity index (χ2n) is 7.47. The molecule has 0 saturated heterocycles. The maximum Gasteiger partial charge on any atom is 0.354 e. The lowest BCUT2D eigenvalue weighted by Crippen LogP contribution is -2.27. The number of aromatic nitrogens is 2. The van der Waals surface area contributed by atoms with Gasteiger partial charge < -0.3 is 14.9 Å². The topological polar surface area (TPSA) is 192 Å². The minimum absolute atomic E-state index is 0.0701. The van der Waals surface area contributed by atoms with Crippen LogP contribution < -0.4 is 10.6 Å². The summed E-state index contributed by atoms with van der Waals surface area (Å²) in [5.74, 6) is -1.64. The highest BCUT2D eigenvalue weighted by Crippen LogP contribution is 2.27. The number of para-hydroxylation sites is 1. The number of nitrogens with one attached hydrogen (secondary N) is 1. The predicted molar refractivity (Wildman–Crippen MR) is 130 cm³/mol. The number of hydrazone groups is 1. The van der Waals surface area contributed by atoms with Crippen molar-refractivity contribution >= 4 is 40.2 Å². The van der Waals surface area contributed by atoms with Crippen LogP contribution in [0, 0.1) is 0 Å². The Balaban J connectivity index is 1.69. The summed E-state index contributed by atoms with van der Waals surface area (Å²) in [6.07, 6.45) is 2.42. The van der Waals surface area contributed by atoms with E-state index in [2.05, 4.69) is 10.2 Å². The Morgan fingerprint density at radius 2 is 1.76 bits per heavy atom. The first-order valence-corrected chi connectivity index (χ1v) is 11.8. The molecule has 2 aromatic carbocycles. The molecule has 190 valence electrons. The summed E-state index contributed by atoms with van der Waals surface area (Å²) in [6.45, 7) is 0.137. The van der Waals surface area contributed by atoms with Gasteiger partial charge in [0.2, 0.25) is 5.90 Å². The number of benzene rings is 2. The Bertz CT molecular complexity index is 1600. The summed E-state index contributed by atoms with van der Waals surface area (Å²) >= 11 is 0.